The number of carbonyl (C=O) groups is 3. The highest BCUT2D eigenvalue weighted by atomic mass is 16.5. The van der Waals surface area contributed by atoms with Crippen LogP contribution in [0.3, 0.4) is 0 Å². The average molecular weight is 484 g/mol. The highest BCUT2D eigenvalue weighted by molar-refractivity contribution is 6.45. The van der Waals surface area contributed by atoms with Crippen molar-refractivity contribution in [1.82, 2.24) is 10.2 Å². The summed E-state index contributed by atoms with van der Waals surface area (Å²) in [5.74, 6) is -1.77. The number of likely N-dealkylation sites (tertiary alicyclic amines) is 1. The van der Waals surface area contributed by atoms with Gasteiger partial charge in [-0.15, -0.1) is 0 Å². The van der Waals surface area contributed by atoms with Gasteiger partial charge in [-0.05, 0) is 11.1 Å². The lowest BCUT2D eigenvalue weighted by molar-refractivity contribution is -0.165. The van der Waals surface area contributed by atoms with Crippen LogP contribution in [0.2, 0.25) is 0 Å². The molecule has 2 amide bonds. The van der Waals surface area contributed by atoms with Crippen molar-refractivity contribution in [3.63, 3.8) is 0 Å². The van der Waals surface area contributed by atoms with Gasteiger partial charge in [-0.3, -0.25) is 9.59 Å². The summed E-state index contributed by atoms with van der Waals surface area (Å²) in [6.07, 6.45) is 3.58. The fourth-order valence-corrected chi connectivity index (χ4v) is 4.15. The first-order chi connectivity index (χ1) is 17.5. The lowest BCUT2D eigenvalue weighted by atomic mass is 9.88. The van der Waals surface area contributed by atoms with Gasteiger partial charge in [0.2, 0.25) is 5.91 Å². The minimum atomic E-state index is -0.998. The van der Waals surface area contributed by atoms with Crippen molar-refractivity contribution in [2.75, 3.05) is 7.11 Å². The summed E-state index contributed by atoms with van der Waals surface area (Å²) in [7, 11) is 1.26. The number of methoxy groups -OCH3 is 1. The number of hydrogen-bond donors (Lipinski definition) is 2. The zero-order valence-electron chi connectivity index (χ0n) is 19.5. The normalized spacial score (nSPS) is 18.4. The van der Waals surface area contributed by atoms with Crippen LogP contribution in [-0.4, -0.2) is 52.8 Å². The minimum absolute atomic E-state index is 0.222. The van der Waals surface area contributed by atoms with Crippen molar-refractivity contribution in [1.29, 1.82) is 0 Å². The number of nitrogens with one attached hydrogen (secondary N) is 1. The van der Waals surface area contributed by atoms with Gasteiger partial charge < -0.3 is 20.2 Å². The Kier molecular flexibility index (Phi) is 7.55. The maximum Gasteiger partial charge on any atom is 0.333 e. The minimum Gasteiger partial charge on any atom is -0.467 e. The lowest BCUT2D eigenvalue weighted by Crippen LogP contribution is -2.71. The van der Waals surface area contributed by atoms with E-state index in [1.165, 1.54) is 12.0 Å². The Hall–Kier alpha value is -4.72. The number of amides is 2. The standard InChI is InChI=1S/C28H25N3O5/c1-36-28(34)25(21-15-9-4-10-16-21)31-22(18-17-19-11-5-2-6-12-19)24(27(31)33)29-26(32)23(30-35)20-13-7-3-8-14-20/h2-18,22,24-25,35H,1H3,(H,29,32)/t22-,24-,25?/m1/s1. The molecular formula is C28H25N3O5. The summed E-state index contributed by atoms with van der Waals surface area (Å²) in [6, 6.07) is 24.1. The number of nitrogens with zero attached hydrogens (tertiary/aromatic N) is 2. The molecule has 1 heterocycles. The van der Waals surface area contributed by atoms with Gasteiger partial charge in [-0.2, -0.15) is 0 Å². The molecule has 8 heteroatoms. The number of hydrogen-bond acceptors (Lipinski definition) is 6. The molecule has 1 fully saturated rings. The maximum absolute atomic E-state index is 13.4. The second kappa shape index (κ2) is 11.1. The van der Waals surface area contributed by atoms with Crippen LogP contribution in [0.15, 0.2) is 102 Å². The molecule has 182 valence electrons. The molecule has 0 spiro atoms. The van der Waals surface area contributed by atoms with Gasteiger partial charge in [-0.25, -0.2) is 4.79 Å². The summed E-state index contributed by atoms with van der Waals surface area (Å²) >= 11 is 0. The Labute approximate surface area is 208 Å². The Morgan fingerprint density at radius 3 is 2.14 bits per heavy atom. The van der Waals surface area contributed by atoms with E-state index < -0.39 is 35.9 Å². The zero-order valence-corrected chi connectivity index (χ0v) is 19.5. The first kappa shape index (κ1) is 24.4. The van der Waals surface area contributed by atoms with Gasteiger partial charge in [0.1, 0.15) is 6.04 Å². The van der Waals surface area contributed by atoms with Gasteiger partial charge in [0.15, 0.2) is 11.8 Å². The van der Waals surface area contributed by atoms with E-state index in [0.717, 1.165) is 5.56 Å². The fraction of sp³-hybridized carbons (Fsp3) is 0.143. The number of esters is 1. The van der Waals surface area contributed by atoms with Crippen LogP contribution in [0.1, 0.15) is 22.7 Å². The Morgan fingerprint density at radius 2 is 1.56 bits per heavy atom. The van der Waals surface area contributed by atoms with Gasteiger partial charge in [-0.1, -0.05) is 108 Å². The molecular weight excluding hydrogens is 458 g/mol. The first-order valence-corrected chi connectivity index (χ1v) is 11.3. The molecule has 1 aliphatic rings. The molecule has 8 nitrogen and oxygen atoms in total. The van der Waals surface area contributed by atoms with E-state index in [4.69, 9.17) is 4.74 Å². The Bertz CT molecular complexity index is 1280. The van der Waals surface area contributed by atoms with E-state index in [2.05, 4.69) is 10.5 Å². The second-order valence-electron chi connectivity index (χ2n) is 8.11. The van der Waals surface area contributed by atoms with E-state index in [0.29, 0.717) is 11.1 Å². The third-order valence-electron chi connectivity index (χ3n) is 5.94. The van der Waals surface area contributed by atoms with Crippen molar-refractivity contribution in [2.24, 2.45) is 5.16 Å². The Morgan fingerprint density at radius 1 is 0.972 bits per heavy atom. The molecule has 3 atom stereocenters. The summed E-state index contributed by atoms with van der Waals surface area (Å²) in [4.78, 5) is 40.6. The summed E-state index contributed by atoms with van der Waals surface area (Å²) in [6.45, 7) is 0. The van der Waals surface area contributed by atoms with E-state index >= 15 is 0 Å². The van der Waals surface area contributed by atoms with Crippen molar-refractivity contribution >= 4 is 29.6 Å². The van der Waals surface area contributed by atoms with Crippen LogP contribution < -0.4 is 5.32 Å². The van der Waals surface area contributed by atoms with Crippen molar-refractivity contribution < 1.29 is 24.3 Å². The van der Waals surface area contributed by atoms with Gasteiger partial charge in [0.05, 0.1) is 13.2 Å². The quantitative estimate of drug-likeness (QED) is 0.168. The predicted octanol–water partition coefficient (Wildman–Crippen LogP) is 3.19. The predicted molar refractivity (Wildman–Crippen MR) is 134 cm³/mol. The van der Waals surface area contributed by atoms with Gasteiger partial charge in [0, 0.05) is 5.56 Å². The van der Waals surface area contributed by atoms with Crippen LogP contribution in [0.5, 0.6) is 0 Å². The van der Waals surface area contributed by atoms with E-state index in [1.54, 1.807) is 60.7 Å². The smallest absolute Gasteiger partial charge is 0.333 e. The van der Waals surface area contributed by atoms with E-state index in [9.17, 15) is 19.6 Å². The monoisotopic (exact) mass is 483 g/mol. The van der Waals surface area contributed by atoms with Crippen LogP contribution >= 0.6 is 0 Å². The third-order valence-corrected chi connectivity index (χ3v) is 5.94. The number of oxime groups is 1. The van der Waals surface area contributed by atoms with Crippen molar-refractivity contribution in [3.05, 3.63) is 114 Å². The van der Waals surface area contributed by atoms with Crippen LogP contribution in [0, 0.1) is 0 Å². The summed E-state index contributed by atoms with van der Waals surface area (Å²) in [5.41, 5.74) is 1.65. The van der Waals surface area contributed by atoms with E-state index in [-0.39, 0.29) is 5.71 Å². The number of ether oxygens (including phenoxy) is 1. The first-order valence-electron chi connectivity index (χ1n) is 11.3. The molecule has 36 heavy (non-hydrogen) atoms. The molecule has 4 rings (SSSR count). The largest absolute Gasteiger partial charge is 0.467 e. The molecule has 0 saturated carbocycles. The molecule has 0 aromatic heterocycles. The lowest BCUT2D eigenvalue weighted by Gasteiger charge is -2.48. The number of benzene rings is 3. The zero-order chi connectivity index (χ0) is 25.5. The van der Waals surface area contributed by atoms with Crippen molar-refractivity contribution in [2.45, 2.75) is 18.1 Å². The van der Waals surface area contributed by atoms with Crippen LogP contribution in [-0.2, 0) is 19.1 Å². The fourth-order valence-electron chi connectivity index (χ4n) is 4.15. The summed E-state index contributed by atoms with van der Waals surface area (Å²) < 4.78 is 5.02. The molecule has 0 radical (unpaired) electrons. The van der Waals surface area contributed by atoms with E-state index in [1.807, 2.05) is 42.5 Å². The van der Waals surface area contributed by atoms with Crippen LogP contribution in [0.25, 0.3) is 6.08 Å². The highest BCUT2D eigenvalue weighted by Crippen LogP contribution is 2.34. The third kappa shape index (κ3) is 5.02. The molecule has 0 bridgehead atoms. The molecule has 3 aromatic carbocycles. The summed E-state index contributed by atoms with van der Waals surface area (Å²) in [5, 5.41) is 15.3. The number of rotatable bonds is 8. The molecule has 1 aliphatic heterocycles. The molecule has 3 aromatic rings. The number of carbonyl (C=O) groups excluding carboxylic acids is 3. The number of β-lactam (4-membered cyclic amide) rings is 1. The SMILES string of the molecule is COC(=O)C(c1ccccc1)N1C(=O)[C@H](NC(=O)C(=NO)c2ccccc2)[C@H]1C=Cc1ccccc1. The molecule has 0 aliphatic carbocycles. The Balaban J connectivity index is 1.66. The van der Waals surface area contributed by atoms with Gasteiger partial charge >= 0.3 is 5.97 Å². The van der Waals surface area contributed by atoms with Gasteiger partial charge in [0.25, 0.3) is 5.91 Å². The molecule has 2 N–H and O–H groups in total. The highest BCUT2D eigenvalue weighted by Gasteiger charge is 2.52. The maximum atomic E-state index is 13.4. The second-order valence-corrected chi connectivity index (χ2v) is 8.11. The van der Waals surface area contributed by atoms with Crippen molar-refractivity contribution in [3.8, 4) is 0 Å². The van der Waals surface area contributed by atoms with Crippen LogP contribution in [0.4, 0.5) is 0 Å². The molecule has 1 saturated heterocycles. The topological polar surface area (TPSA) is 108 Å². The molecule has 1 unspecified atom stereocenters. The average Bonchev–Trinajstić information content (AvgIpc) is 2.93.